The average Bonchev–Trinajstić information content (AvgIpc) is 2.68. The van der Waals surface area contributed by atoms with Gasteiger partial charge in [0.15, 0.2) is 5.78 Å². The fourth-order valence-corrected chi connectivity index (χ4v) is 1.96. The highest BCUT2D eigenvalue weighted by Gasteiger charge is 2.31. The van der Waals surface area contributed by atoms with Crippen LogP contribution in [0.25, 0.3) is 0 Å². The van der Waals surface area contributed by atoms with Crippen LogP contribution in [-0.4, -0.2) is 15.6 Å². The number of alkyl halides is 3. The first kappa shape index (κ1) is 14.3. The van der Waals surface area contributed by atoms with Crippen molar-refractivity contribution in [2.75, 3.05) is 0 Å². The van der Waals surface area contributed by atoms with Gasteiger partial charge in [0.25, 0.3) is 0 Å². The van der Waals surface area contributed by atoms with E-state index in [0.29, 0.717) is 16.8 Å². The van der Waals surface area contributed by atoms with E-state index in [0.717, 1.165) is 12.1 Å². The van der Waals surface area contributed by atoms with Crippen LogP contribution in [-0.2, 0) is 13.2 Å². The summed E-state index contributed by atoms with van der Waals surface area (Å²) in [6.45, 7) is 3.23. The summed E-state index contributed by atoms with van der Waals surface area (Å²) < 4.78 is 39.3. The Bertz CT molecular complexity index is 672. The summed E-state index contributed by atoms with van der Waals surface area (Å²) in [4.78, 5) is 12.3. The normalized spacial score (nSPS) is 11.7. The van der Waals surface area contributed by atoms with Gasteiger partial charge in [-0.1, -0.05) is 6.07 Å². The van der Waals surface area contributed by atoms with E-state index in [9.17, 15) is 18.0 Å². The Morgan fingerprint density at radius 3 is 2.30 bits per heavy atom. The lowest BCUT2D eigenvalue weighted by atomic mass is 9.97. The van der Waals surface area contributed by atoms with E-state index < -0.39 is 11.7 Å². The molecule has 106 valence electrons. The lowest BCUT2D eigenvalue weighted by Crippen LogP contribution is -2.09. The van der Waals surface area contributed by atoms with Crippen LogP contribution >= 0.6 is 0 Å². The van der Waals surface area contributed by atoms with Crippen molar-refractivity contribution in [3.05, 3.63) is 52.3 Å². The molecule has 0 fully saturated rings. The SMILES string of the molecule is Cc1cc(C(F)(F)F)ccc1C(=O)c1cnn(C)c1C. The van der Waals surface area contributed by atoms with Crippen LogP contribution in [0.2, 0.25) is 0 Å². The number of halogens is 3. The van der Waals surface area contributed by atoms with Gasteiger partial charge in [-0.05, 0) is 31.5 Å². The molecule has 0 spiro atoms. The Balaban J connectivity index is 2.44. The van der Waals surface area contributed by atoms with Crippen LogP contribution in [0.5, 0.6) is 0 Å². The molecular formula is C14H13F3N2O. The molecule has 6 heteroatoms. The molecule has 0 aliphatic heterocycles. The monoisotopic (exact) mass is 282 g/mol. The third-order valence-electron chi connectivity index (χ3n) is 3.28. The summed E-state index contributed by atoms with van der Waals surface area (Å²) in [7, 11) is 1.70. The second kappa shape index (κ2) is 4.77. The maximum atomic E-state index is 12.6. The van der Waals surface area contributed by atoms with Gasteiger partial charge >= 0.3 is 6.18 Å². The van der Waals surface area contributed by atoms with Crippen LogP contribution in [0.3, 0.4) is 0 Å². The summed E-state index contributed by atoms with van der Waals surface area (Å²) in [5.74, 6) is -0.318. The molecule has 2 aromatic rings. The molecule has 0 unspecified atom stereocenters. The second-order valence-electron chi connectivity index (χ2n) is 4.62. The molecular weight excluding hydrogens is 269 g/mol. The summed E-state index contributed by atoms with van der Waals surface area (Å²) in [5.41, 5.74) is 0.876. The predicted molar refractivity (Wildman–Crippen MR) is 67.6 cm³/mol. The Morgan fingerprint density at radius 2 is 1.85 bits per heavy atom. The zero-order chi connectivity index (χ0) is 15.1. The van der Waals surface area contributed by atoms with Crippen LogP contribution in [0.4, 0.5) is 13.2 Å². The lowest BCUT2D eigenvalue weighted by Gasteiger charge is -2.10. The summed E-state index contributed by atoms with van der Waals surface area (Å²) >= 11 is 0. The second-order valence-corrected chi connectivity index (χ2v) is 4.62. The minimum atomic E-state index is -4.41. The van der Waals surface area contributed by atoms with E-state index in [1.807, 2.05) is 0 Å². The van der Waals surface area contributed by atoms with E-state index in [2.05, 4.69) is 5.10 Å². The zero-order valence-corrected chi connectivity index (χ0v) is 11.2. The van der Waals surface area contributed by atoms with E-state index in [4.69, 9.17) is 0 Å². The Hall–Kier alpha value is -2.11. The molecule has 0 aliphatic carbocycles. The Kier molecular flexibility index (Phi) is 3.41. The molecule has 0 aliphatic rings. The van der Waals surface area contributed by atoms with Crippen molar-refractivity contribution in [1.82, 2.24) is 9.78 Å². The third kappa shape index (κ3) is 2.45. The molecule has 20 heavy (non-hydrogen) atoms. The minimum absolute atomic E-state index is 0.258. The number of aromatic nitrogens is 2. The summed E-state index contributed by atoms with van der Waals surface area (Å²) in [6, 6.07) is 3.12. The maximum absolute atomic E-state index is 12.6. The largest absolute Gasteiger partial charge is 0.416 e. The first-order chi connectivity index (χ1) is 9.21. The number of rotatable bonds is 2. The van der Waals surface area contributed by atoms with Crippen molar-refractivity contribution in [3.63, 3.8) is 0 Å². The summed E-state index contributed by atoms with van der Waals surface area (Å²) in [6.07, 6.45) is -2.98. The number of hydrogen-bond acceptors (Lipinski definition) is 2. The number of carbonyl (C=O) groups excluding carboxylic acids is 1. The molecule has 0 radical (unpaired) electrons. The topological polar surface area (TPSA) is 34.9 Å². The van der Waals surface area contributed by atoms with Gasteiger partial charge in [0.1, 0.15) is 0 Å². The van der Waals surface area contributed by atoms with E-state index in [1.54, 1.807) is 18.7 Å². The van der Waals surface area contributed by atoms with Crippen molar-refractivity contribution >= 4 is 5.78 Å². The van der Waals surface area contributed by atoms with Gasteiger partial charge in [-0.2, -0.15) is 18.3 Å². The molecule has 0 saturated heterocycles. The predicted octanol–water partition coefficient (Wildman–Crippen LogP) is 3.29. The number of carbonyl (C=O) groups is 1. The highest BCUT2D eigenvalue weighted by Crippen LogP contribution is 2.31. The standard InChI is InChI=1S/C14H13F3N2O/c1-8-6-10(14(15,16)17)4-5-11(8)13(20)12-7-18-19(3)9(12)2/h4-7H,1-3H3. The van der Waals surface area contributed by atoms with E-state index >= 15 is 0 Å². The van der Waals surface area contributed by atoms with Crippen molar-refractivity contribution in [2.24, 2.45) is 7.05 Å². The number of hydrogen-bond donors (Lipinski definition) is 0. The van der Waals surface area contributed by atoms with Crippen LogP contribution in [0.1, 0.15) is 32.7 Å². The number of benzene rings is 1. The van der Waals surface area contributed by atoms with E-state index in [-0.39, 0.29) is 11.3 Å². The quantitative estimate of drug-likeness (QED) is 0.792. The fourth-order valence-electron chi connectivity index (χ4n) is 1.96. The molecule has 0 N–H and O–H groups in total. The molecule has 1 aromatic carbocycles. The number of aryl methyl sites for hydroxylation is 2. The zero-order valence-electron chi connectivity index (χ0n) is 11.2. The molecule has 1 aromatic heterocycles. The van der Waals surface area contributed by atoms with Crippen molar-refractivity contribution in [1.29, 1.82) is 0 Å². The van der Waals surface area contributed by atoms with Gasteiger partial charge in [-0.3, -0.25) is 9.48 Å². The van der Waals surface area contributed by atoms with Gasteiger partial charge in [-0.25, -0.2) is 0 Å². The third-order valence-corrected chi connectivity index (χ3v) is 3.28. The van der Waals surface area contributed by atoms with Crippen molar-refractivity contribution < 1.29 is 18.0 Å². The Labute approximate surface area is 114 Å². The lowest BCUT2D eigenvalue weighted by molar-refractivity contribution is -0.137. The van der Waals surface area contributed by atoms with Crippen LogP contribution in [0.15, 0.2) is 24.4 Å². The maximum Gasteiger partial charge on any atom is 0.416 e. The van der Waals surface area contributed by atoms with E-state index in [1.165, 1.54) is 19.2 Å². The van der Waals surface area contributed by atoms with Gasteiger partial charge in [-0.15, -0.1) is 0 Å². The number of ketones is 1. The molecule has 2 rings (SSSR count). The first-order valence-corrected chi connectivity index (χ1v) is 5.93. The highest BCUT2D eigenvalue weighted by atomic mass is 19.4. The van der Waals surface area contributed by atoms with Crippen LogP contribution < -0.4 is 0 Å². The first-order valence-electron chi connectivity index (χ1n) is 5.93. The molecule has 1 heterocycles. The molecule has 0 saturated carbocycles. The average molecular weight is 282 g/mol. The summed E-state index contributed by atoms with van der Waals surface area (Å²) in [5, 5.41) is 3.97. The Morgan fingerprint density at radius 1 is 1.20 bits per heavy atom. The van der Waals surface area contributed by atoms with Gasteiger partial charge in [0.2, 0.25) is 0 Å². The minimum Gasteiger partial charge on any atom is -0.288 e. The van der Waals surface area contributed by atoms with Gasteiger partial charge in [0.05, 0.1) is 17.3 Å². The van der Waals surface area contributed by atoms with Crippen molar-refractivity contribution in [3.8, 4) is 0 Å². The van der Waals surface area contributed by atoms with Gasteiger partial charge < -0.3 is 0 Å². The number of nitrogens with zero attached hydrogens (tertiary/aromatic N) is 2. The highest BCUT2D eigenvalue weighted by molar-refractivity contribution is 6.10. The molecule has 0 atom stereocenters. The fraction of sp³-hybridized carbons (Fsp3) is 0.286. The van der Waals surface area contributed by atoms with Crippen molar-refractivity contribution in [2.45, 2.75) is 20.0 Å². The smallest absolute Gasteiger partial charge is 0.288 e. The molecule has 0 amide bonds. The van der Waals surface area contributed by atoms with Crippen LogP contribution in [0, 0.1) is 13.8 Å². The van der Waals surface area contributed by atoms with Gasteiger partial charge in [0, 0.05) is 18.3 Å². The molecule has 3 nitrogen and oxygen atoms in total. The molecule has 0 bridgehead atoms.